The molecule has 22 heavy (non-hydrogen) atoms. The molecule has 1 heterocycles. The number of rotatable bonds is 7. The van der Waals surface area contributed by atoms with Crippen molar-refractivity contribution in [3.63, 3.8) is 0 Å². The van der Waals surface area contributed by atoms with E-state index in [2.05, 4.69) is 4.90 Å². The molecule has 6 heteroatoms. The minimum Gasteiger partial charge on any atom is -0.379 e. The predicted molar refractivity (Wildman–Crippen MR) is 89.7 cm³/mol. The van der Waals surface area contributed by atoms with Gasteiger partial charge in [0.25, 0.3) is 0 Å². The highest BCUT2D eigenvalue weighted by atomic mass is 32.2. The van der Waals surface area contributed by atoms with Crippen LogP contribution in [0.25, 0.3) is 0 Å². The Labute approximate surface area is 133 Å². The minimum atomic E-state index is -3.30. The zero-order valence-corrected chi connectivity index (χ0v) is 14.3. The van der Waals surface area contributed by atoms with E-state index in [4.69, 9.17) is 4.74 Å². The van der Waals surface area contributed by atoms with Crippen LogP contribution in [0.3, 0.4) is 0 Å². The smallest absolute Gasteiger partial charge is 0.235 e. The third-order valence-electron chi connectivity index (χ3n) is 3.76. The number of morpholine rings is 1. The molecule has 0 amide bonds. The number of anilines is 1. The average Bonchev–Trinajstić information content (AvgIpc) is 2.48. The van der Waals surface area contributed by atoms with E-state index in [0.29, 0.717) is 6.42 Å². The molecule has 1 aromatic carbocycles. The molecule has 0 bridgehead atoms. The number of nitrogens with zero attached hydrogens (tertiary/aromatic N) is 2. The van der Waals surface area contributed by atoms with Crippen LogP contribution in [-0.2, 0) is 14.8 Å². The van der Waals surface area contributed by atoms with Crippen LogP contribution < -0.4 is 4.31 Å². The summed E-state index contributed by atoms with van der Waals surface area (Å²) >= 11 is 0. The number of hydrogen-bond donors (Lipinski definition) is 0. The number of sulfonamides is 1. The topological polar surface area (TPSA) is 49.9 Å². The van der Waals surface area contributed by atoms with E-state index in [0.717, 1.165) is 38.5 Å². The zero-order chi connectivity index (χ0) is 16.0. The molecular formula is C16H26N2O3S. The number of hydrogen-bond acceptors (Lipinski definition) is 4. The fourth-order valence-corrected chi connectivity index (χ4v) is 4.52. The summed E-state index contributed by atoms with van der Waals surface area (Å²) in [6.45, 7) is 7.91. The number of para-hydroxylation sites is 1. The van der Waals surface area contributed by atoms with Crippen molar-refractivity contribution in [2.45, 2.75) is 26.3 Å². The van der Waals surface area contributed by atoms with E-state index < -0.39 is 10.0 Å². The summed E-state index contributed by atoms with van der Waals surface area (Å²) in [5.41, 5.74) is 0.740. The molecule has 0 saturated carbocycles. The minimum absolute atomic E-state index is 0.0872. The summed E-state index contributed by atoms with van der Waals surface area (Å²) in [4.78, 5) is 2.27. The average molecular weight is 326 g/mol. The highest BCUT2D eigenvalue weighted by molar-refractivity contribution is 7.92. The van der Waals surface area contributed by atoms with Crippen LogP contribution in [0.15, 0.2) is 30.3 Å². The third-order valence-corrected chi connectivity index (χ3v) is 5.80. The first-order valence-corrected chi connectivity index (χ1v) is 9.49. The van der Waals surface area contributed by atoms with E-state index in [1.165, 1.54) is 4.31 Å². The molecule has 0 radical (unpaired) electrons. The first-order valence-electron chi connectivity index (χ1n) is 7.88. The lowest BCUT2D eigenvalue weighted by Gasteiger charge is -2.29. The first kappa shape index (κ1) is 17.2. The Kier molecular flexibility index (Phi) is 6.23. The molecular weight excluding hydrogens is 300 g/mol. The standard InChI is InChI=1S/C16H26N2O3S/c1-15(2)18(16-7-4-3-5-8-16)22(19,20)14-6-9-17-10-12-21-13-11-17/h3-5,7-8,15H,6,9-14H2,1-2H3. The van der Waals surface area contributed by atoms with Gasteiger partial charge in [-0.15, -0.1) is 0 Å². The van der Waals surface area contributed by atoms with Gasteiger partial charge < -0.3 is 4.74 Å². The van der Waals surface area contributed by atoms with Crippen LogP contribution in [0.1, 0.15) is 20.3 Å². The van der Waals surface area contributed by atoms with E-state index in [1.807, 2.05) is 44.2 Å². The molecule has 0 aliphatic carbocycles. The van der Waals surface area contributed by atoms with Gasteiger partial charge in [-0.25, -0.2) is 8.42 Å². The highest BCUT2D eigenvalue weighted by Gasteiger charge is 2.25. The van der Waals surface area contributed by atoms with Gasteiger partial charge in [0.05, 0.1) is 24.7 Å². The molecule has 124 valence electrons. The molecule has 1 fully saturated rings. The molecule has 2 rings (SSSR count). The van der Waals surface area contributed by atoms with Crippen molar-refractivity contribution in [2.24, 2.45) is 0 Å². The Balaban J connectivity index is 1.97. The molecule has 1 saturated heterocycles. The van der Waals surface area contributed by atoms with Crippen LogP contribution in [0.2, 0.25) is 0 Å². The summed E-state index contributed by atoms with van der Waals surface area (Å²) in [5, 5.41) is 0. The lowest BCUT2D eigenvalue weighted by atomic mass is 10.3. The van der Waals surface area contributed by atoms with Gasteiger partial charge in [-0.1, -0.05) is 18.2 Å². The largest absolute Gasteiger partial charge is 0.379 e. The normalized spacial score (nSPS) is 16.9. The lowest BCUT2D eigenvalue weighted by Crippen LogP contribution is -2.40. The molecule has 1 aromatic rings. The molecule has 0 unspecified atom stereocenters. The van der Waals surface area contributed by atoms with Gasteiger partial charge in [-0.05, 0) is 38.9 Å². The highest BCUT2D eigenvalue weighted by Crippen LogP contribution is 2.21. The van der Waals surface area contributed by atoms with Gasteiger partial charge in [0.1, 0.15) is 0 Å². The maximum Gasteiger partial charge on any atom is 0.235 e. The number of ether oxygens (including phenoxy) is 1. The van der Waals surface area contributed by atoms with Gasteiger partial charge in [-0.3, -0.25) is 9.21 Å². The molecule has 0 atom stereocenters. The van der Waals surface area contributed by atoms with Crippen molar-refractivity contribution in [2.75, 3.05) is 42.9 Å². The Morgan fingerprint density at radius 3 is 2.41 bits per heavy atom. The van der Waals surface area contributed by atoms with Crippen molar-refractivity contribution in [3.05, 3.63) is 30.3 Å². The van der Waals surface area contributed by atoms with Crippen LogP contribution in [0.4, 0.5) is 5.69 Å². The van der Waals surface area contributed by atoms with Gasteiger partial charge in [0.2, 0.25) is 10.0 Å². The fraction of sp³-hybridized carbons (Fsp3) is 0.625. The van der Waals surface area contributed by atoms with Gasteiger partial charge in [-0.2, -0.15) is 0 Å². The fourth-order valence-electron chi connectivity index (χ4n) is 2.75. The van der Waals surface area contributed by atoms with Gasteiger partial charge in [0, 0.05) is 19.1 Å². The van der Waals surface area contributed by atoms with Gasteiger partial charge >= 0.3 is 0 Å². The molecule has 5 nitrogen and oxygen atoms in total. The molecule has 1 aliphatic rings. The van der Waals surface area contributed by atoms with Crippen LogP contribution in [-0.4, -0.2) is 58.0 Å². The van der Waals surface area contributed by atoms with E-state index in [1.54, 1.807) is 0 Å². The maximum absolute atomic E-state index is 12.7. The molecule has 1 aliphatic heterocycles. The SMILES string of the molecule is CC(C)N(c1ccccc1)S(=O)(=O)CCCN1CCOCC1. The van der Waals surface area contributed by atoms with Crippen molar-refractivity contribution in [1.29, 1.82) is 0 Å². The lowest BCUT2D eigenvalue weighted by molar-refractivity contribution is 0.0381. The van der Waals surface area contributed by atoms with Crippen molar-refractivity contribution < 1.29 is 13.2 Å². The predicted octanol–water partition coefficient (Wildman–Crippen LogP) is 1.95. The monoisotopic (exact) mass is 326 g/mol. The summed E-state index contributed by atoms with van der Waals surface area (Å²) < 4.78 is 32.2. The van der Waals surface area contributed by atoms with E-state index in [-0.39, 0.29) is 11.8 Å². The van der Waals surface area contributed by atoms with Crippen molar-refractivity contribution in [1.82, 2.24) is 4.90 Å². The second-order valence-electron chi connectivity index (χ2n) is 5.85. The summed E-state index contributed by atoms with van der Waals surface area (Å²) in [5.74, 6) is 0.178. The van der Waals surface area contributed by atoms with E-state index in [9.17, 15) is 8.42 Å². The first-order chi connectivity index (χ1) is 10.5. The third kappa shape index (κ3) is 4.69. The summed E-state index contributed by atoms with van der Waals surface area (Å²) in [7, 11) is -3.30. The van der Waals surface area contributed by atoms with Crippen LogP contribution in [0, 0.1) is 0 Å². The van der Waals surface area contributed by atoms with Crippen LogP contribution in [0.5, 0.6) is 0 Å². The number of benzene rings is 1. The molecule has 0 aromatic heterocycles. The van der Waals surface area contributed by atoms with Crippen LogP contribution >= 0.6 is 0 Å². The zero-order valence-electron chi connectivity index (χ0n) is 13.4. The quantitative estimate of drug-likeness (QED) is 0.768. The van der Waals surface area contributed by atoms with E-state index >= 15 is 0 Å². The Bertz CT molecular complexity index is 540. The Morgan fingerprint density at radius 1 is 1.18 bits per heavy atom. The summed E-state index contributed by atoms with van der Waals surface area (Å²) in [6.07, 6.45) is 0.651. The Hall–Kier alpha value is -1.11. The van der Waals surface area contributed by atoms with Crippen molar-refractivity contribution >= 4 is 15.7 Å². The second-order valence-corrected chi connectivity index (χ2v) is 7.81. The van der Waals surface area contributed by atoms with Crippen molar-refractivity contribution in [3.8, 4) is 0 Å². The van der Waals surface area contributed by atoms with Gasteiger partial charge in [0.15, 0.2) is 0 Å². The Morgan fingerprint density at radius 2 is 1.82 bits per heavy atom. The maximum atomic E-state index is 12.7. The second kappa shape index (κ2) is 7.94. The molecule has 0 N–H and O–H groups in total. The molecule has 0 spiro atoms. The summed E-state index contributed by atoms with van der Waals surface area (Å²) in [6, 6.07) is 9.24.